The number of hydrogen-bond acceptors (Lipinski definition) is 4. The fraction of sp³-hybridized carbons (Fsp3) is 0.0588. The molecule has 4 aliphatic carbocycles. The topological polar surface area (TPSA) is 13.0 Å². The second-order valence-corrected chi connectivity index (χ2v) is 34.9. The van der Waals surface area contributed by atoms with Crippen LogP contribution in [0, 0.1) is 0 Å². The van der Waals surface area contributed by atoms with Crippen molar-refractivity contribution < 1.29 is 0 Å². The van der Waals surface area contributed by atoms with E-state index in [1.807, 2.05) is 0 Å². The maximum Gasteiger partial charge on any atom is 0.0755 e. The highest BCUT2D eigenvalue weighted by Gasteiger charge is 2.56. The summed E-state index contributed by atoms with van der Waals surface area (Å²) in [7, 11) is 0. The molecular formula is C119H80N4. The van der Waals surface area contributed by atoms with Gasteiger partial charge in [-0.15, -0.1) is 0 Å². The maximum atomic E-state index is 2.66. The third-order valence-electron chi connectivity index (χ3n) is 28.8. The van der Waals surface area contributed by atoms with Crippen molar-refractivity contribution in [2.45, 2.75) is 42.4 Å². The molecule has 0 saturated carbocycles. The van der Waals surface area contributed by atoms with E-state index in [4.69, 9.17) is 0 Å². The Morgan fingerprint density at radius 1 is 0.220 bits per heavy atom. The molecule has 4 nitrogen and oxygen atoms in total. The van der Waals surface area contributed by atoms with E-state index in [2.05, 4.69) is 471 Å². The highest BCUT2D eigenvalue weighted by atomic mass is 15.2. The number of fused-ring (bicyclic) bond motifs is 21. The average Bonchev–Trinajstić information content (AvgIpc) is 1.46. The Labute approximate surface area is 717 Å². The second-order valence-electron chi connectivity index (χ2n) is 34.9. The van der Waals surface area contributed by atoms with Gasteiger partial charge in [0.1, 0.15) is 0 Å². The Kier molecular flexibility index (Phi) is 14.6. The number of hydrogen-bond donors (Lipinski definition) is 0. The van der Waals surface area contributed by atoms with Gasteiger partial charge in [0.05, 0.1) is 56.3 Å². The van der Waals surface area contributed by atoms with E-state index in [-0.39, 0.29) is 5.41 Å². The lowest BCUT2D eigenvalue weighted by molar-refractivity contribution is 0.660. The molecule has 4 heterocycles. The van der Waals surface area contributed by atoms with Crippen molar-refractivity contribution in [3.05, 3.63) is 503 Å². The molecule has 2 spiro atoms. The van der Waals surface area contributed by atoms with Gasteiger partial charge in [-0.05, 0) is 237 Å². The first kappa shape index (κ1) is 69.6. The molecule has 123 heavy (non-hydrogen) atoms. The van der Waals surface area contributed by atoms with Crippen molar-refractivity contribution in [2.24, 2.45) is 0 Å². The quantitative estimate of drug-likeness (QED) is 0.143. The van der Waals surface area contributed by atoms with Gasteiger partial charge < -0.3 is 19.6 Å². The molecule has 1 atom stereocenters. The second kappa shape index (κ2) is 25.8. The fourth-order valence-electron chi connectivity index (χ4n) is 23.6. The lowest BCUT2D eigenvalue weighted by Gasteiger charge is -2.45. The van der Waals surface area contributed by atoms with Gasteiger partial charge in [-0.3, -0.25) is 0 Å². The molecule has 576 valence electrons. The molecule has 0 aromatic heterocycles. The Bertz CT molecular complexity index is 7620. The molecular weight excluding hydrogens is 1490 g/mol. The molecule has 0 N–H and O–H groups in total. The van der Waals surface area contributed by atoms with E-state index in [9.17, 15) is 0 Å². The molecule has 27 rings (SSSR count). The number of anilines is 12. The Morgan fingerprint density at radius 3 is 1.36 bits per heavy atom. The molecule has 6 bridgehead atoms. The predicted octanol–water partition coefficient (Wildman–Crippen LogP) is 31.0. The van der Waals surface area contributed by atoms with Crippen LogP contribution in [0.2, 0.25) is 0 Å². The standard InChI is InChI=1S/C119H80N4/c1-116(2)94-45-15-12-40-88(94)90-69-66-83(73-103(90)116)122(106-58-27-34-76-33-10-11-39-85(76)106)111-59-29-52-101-113(111)92-42-14-17-47-96(92)118(101)97-48-18-22-54-107(97)121(108-55-23-19-49-98(108)118)82-64-61-75(62-65-82)78-35-26-36-79(71-78)87-44-28-43-86(77-31-6-4-7-32-77)115(87)123-84-67-70-91-89-41-13-16-46-95(89)117(3,104(91)74-84)80-63-68-93-105(72-80)119(102-53-30-60-112(123)114(93)102)99-50-20-24-56-109(99)120(81-37-8-5-9-38-81)110-57-25-21-51-100(110)119/h4-74H,1-3H3. The van der Waals surface area contributed by atoms with Gasteiger partial charge >= 0.3 is 0 Å². The van der Waals surface area contributed by atoms with Gasteiger partial charge in [0.25, 0.3) is 0 Å². The van der Waals surface area contributed by atoms with Crippen molar-refractivity contribution in [1.29, 1.82) is 0 Å². The number of para-hydroxylation sites is 6. The van der Waals surface area contributed by atoms with Crippen LogP contribution in [0.5, 0.6) is 0 Å². The minimum atomic E-state index is -0.724. The van der Waals surface area contributed by atoms with Crippen LogP contribution in [0.3, 0.4) is 0 Å². The monoisotopic (exact) mass is 1560 g/mol. The highest BCUT2D eigenvalue weighted by Crippen LogP contribution is 2.70. The summed E-state index contributed by atoms with van der Waals surface area (Å²) in [4.78, 5) is 10.3. The number of benzene rings is 19. The number of rotatable bonds is 9. The van der Waals surface area contributed by atoms with Crippen LogP contribution in [-0.4, -0.2) is 0 Å². The maximum absolute atomic E-state index is 2.66. The minimum absolute atomic E-state index is 0.200. The average molecular weight is 1570 g/mol. The van der Waals surface area contributed by atoms with E-state index in [1.165, 1.54) is 139 Å². The van der Waals surface area contributed by atoms with Crippen LogP contribution in [-0.2, 0) is 21.7 Å². The molecule has 4 heteroatoms. The van der Waals surface area contributed by atoms with Crippen molar-refractivity contribution in [3.63, 3.8) is 0 Å². The first-order valence-corrected chi connectivity index (χ1v) is 43.2. The normalized spacial score (nSPS) is 15.6. The third kappa shape index (κ3) is 9.34. The Morgan fingerprint density at radius 2 is 0.659 bits per heavy atom. The lowest BCUT2D eigenvalue weighted by Crippen LogP contribution is -2.36. The Balaban J connectivity index is 0.630. The van der Waals surface area contributed by atoms with Crippen molar-refractivity contribution in [1.82, 2.24) is 0 Å². The first-order chi connectivity index (χ1) is 60.7. The molecule has 19 aromatic rings. The SMILES string of the molecule is CC1(C)c2ccccc2-c2ccc(N(c3cccc4c3-c3ccccc3C43c4ccccc4N(c4ccc(-c5cccc(-c6cccc(-c7ccccc7)c6N6c7ccc8c(c7)C(C)(c7ccc9c(c7)C7(c%10ccccc%10N(c%10ccccc%10)c%10ccccc%107)c7cccc6c7-9)c6ccccc6-8)c5)cc4)c4ccccc43)c3cccc4ccccc34)cc21. The van der Waals surface area contributed by atoms with Gasteiger partial charge in [-0.25, -0.2) is 0 Å². The smallest absolute Gasteiger partial charge is 0.0755 e. The van der Waals surface area contributed by atoms with Crippen LogP contribution < -0.4 is 19.6 Å². The first-order valence-electron chi connectivity index (χ1n) is 43.2. The molecule has 0 radical (unpaired) electrons. The molecule has 0 saturated heterocycles. The summed E-state index contributed by atoms with van der Waals surface area (Å²) in [6.45, 7) is 7.27. The predicted molar refractivity (Wildman–Crippen MR) is 509 cm³/mol. The van der Waals surface area contributed by atoms with E-state index in [0.717, 1.165) is 90.3 Å². The summed E-state index contributed by atoms with van der Waals surface area (Å²) in [6, 6.07) is 164. The fourth-order valence-corrected chi connectivity index (χ4v) is 23.6. The van der Waals surface area contributed by atoms with Crippen LogP contribution in [0.4, 0.5) is 68.2 Å². The van der Waals surface area contributed by atoms with E-state index in [1.54, 1.807) is 0 Å². The Hall–Kier alpha value is -15.4. The summed E-state index contributed by atoms with van der Waals surface area (Å²) >= 11 is 0. The lowest BCUT2D eigenvalue weighted by atomic mass is 9.63. The minimum Gasteiger partial charge on any atom is -0.310 e. The van der Waals surface area contributed by atoms with Crippen molar-refractivity contribution >= 4 is 79.0 Å². The zero-order valence-electron chi connectivity index (χ0n) is 68.3. The summed E-state index contributed by atoms with van der Waals surface area (Å²) in [5, 5.41) is 2.40. The van der Waals surface area contributed by atoms with Crippen LogP contribution in [0.25, 0.3) is 88.7 Å². The highest BCUT2D eigenvalue weighted by molar-refractivity contribution is 6.09. The zero-order chi connectivity index (χ0) is 81.2. The molecule has 8 aliphatic rings. The van der Waals surface area contributed by atoms with Crippen molar-refractivity contribution in [2.75, 3.05) is 19.6 Å². The molecule has 4 aliphatic heterocycles. The summed E-state index contributed by atoms with van der Waals surface area (Å²) in [5.41, 5.74) is 45.1. The van der Waals surface area contributed by atoms with Gasteiger partial charge in [0.15, 0.2) is 0 Å². The summed E-state index contributed by atoms with van der Waals surface area (Å²) in [5.74, 6) is 0. The largest absolute Gasteiger partial charge is 0.310 e. The molecule has 0 amide bonds. The van der Waals surface area contributed by atoms with Crippen LogP contribution in [0.15, 0.2) is 431 Å². The summed E-state index contributed by atoms with van der Waals surface area (Å²) < 4.78 is 0. The van der Waals surface area contributed by atoms with E-state index >= 15 is 0 Å². The van der Waals surface area contributed by atoms with Gasteiger partial charge in [0.2, 0.25) is 0 Å². The molecule has 19 aromatic carbocycles. The van der Waals surface area contributed by atoms with Crippen LogP contribution in [0.1, 0.15) is 93.1 Å². The van der Waals surface area contributed by atoms with E-state index in [0.29, 0.717) is 0 Å². The van der Waals surface area contributed by atoms with Gasteiger partial charge in [-0.2, -0.15) is 0 Å². The number of nitrogens with zero attached hydrogens (tertiary/aromatic N) is 4. The molecule has 0 fully saturated rings. The molecule has 1 unspecified atom stereocenters. The van der Waals surface area contributed by atoms with Crippen LogP contribution >= 0.6 is 0 Å². The third-order valence-corrected chi connectivity index (χ3v) is 28.8. The van der Waals surface area contributed by atoms with E-state index < -0.39 is 16.2 Å². The van der Waals surface area contributed by atoms with Crippen molar-refractivity contribution in [3.8, 4) is 77.9 Å². The van der Waals surface area contributed by atoms with Gasteiger partial charge in [0, 0.05) is 61.2 Å². The van der Waals surface area contributed by atoms with Gasteiger partial charge in [-0.1, -0.05) is 347 Å². The zero-order valence-corrected chi connectivity index (χ0v) is 68.3. The summed E-state index contributed by atoms with van der Waals surface area (Å²) in [6.07, 6.45) is 0.